The first-order valence-electron chi connectivity index (χ1n) is 11.0. The van der Waals surface area contributed by atoms with Gasteiger partial charge in [0.15, 0.2) is 0 Å². The number of nitrogens with one attached hydrogen (secondary N) is 2. The average Bonchev–Trinajstić information content (AvgIpc) is 3.28. The zero-order valence-corrected chi connectivity index (χ0v) is 18.8. The number of para-hydroxylation sites is 1. The standard InChI is InChI=1S/C27H25FN4O2/c1-19-7-5-6-10-24(19)27(34)29-16-15-25(33)30-17-21-18-32(23-8-3-2-4-9-23)31-26(21)20-11-13-22(28)14-12-20/h2-14,18H,15-17H2,1H3,(H,29,34)(H,30,33). The van der Waals surface area contributed by atoms with E-state index in [1.165, 1.54) is 12.1 Å². The van der Waals surface area contributed by atoms with Gasteiger partial charge in [0, 0.05) is 42.4 Å². The van der Waals surface area contributed by atoms with Crippen LogP contribution in [-0.4, -0.2) is 28.1 Å². The maximum Gasteiger partial charge on any atom is 0.251 e. The molecule has 0 aliphatic carbocycles. The van der Waals surface area contributed by atoms with Gasteiger partial charge in [-0.05, 0) is 55.0 Å². The average molecular weight is 457 g/mol. The van der Waals surface area contributed by atoms with E-state index in [-0.39, 0.29) is 37.1 Å². The minimum absolute atomic E-state index is 0.149. The van der Waals surface area contributed by atoms with Crippen molar-refractivity contribution in [1.82, 2.24) is 20.4 Å². The van der Waals surface area contributed by atoms with Gasteiger partial charge >= 0.3 is 0 Å². The summed E-state index contributed by atoms with van der Waals surface area (Å²) in [6.07, 6.45) is 2.00. The lowest BCUT2D eigenvalue weighted by Gasteiger charge is -2.08. The van der Waals surface area contributed by atoms with Gasteiger partial charge < -0.3 is 10.6 Å². The highest BCUT2D eigenvalue weighted by atomic mass is 19.1. The van der Waals surface area contributed by atoms with Crippen LogP contribution in [0.1, 0.15) is 27.9 Å². The van der Waals surface area contributed by atoms with Crippen molar-refractivity contribution in [1.29, 1.82) is 0 Å². The summed E-state index contributed by atoms with van der Waals surface area (Å²) in [5.41, 5.74) is 4.58. The normalized spacial score (nSPS) is 10.6. The van der Waals surface area contributed by atoms with Crippen LogP contribution in [-0.2, 0) is 11.3 Å². The van der Waals surface area contributed by atoms with Crippen molar-refractivity contribution in [3.63, 3.8) is 0 Å². The van der Waals surface area contributed by atoms with E-state index in [0.717, 1.165) is 22.4 Å². The van der Waals surface area contributed by atoms with Crippen LogP contribution in [0.3, 0.4) is 0 Å². The number of hydrogen-bond acceptors (Lipinski definition) is 3. The largest absolute Gasteiger partial charge is 0.352 e. The fourth-order valence-corrected chi connectivity index (χ4v) is 3.60. The molecule has 0 unspecified atom stereocenters. The van der Waals surface area contributed by atoms with Crippen molar-refractivity contribution in [2.75, 3.05) is 6.54 Å². The van der Waals surface area contributed by atoms with Crippen molar-refractivity contribution in [2.45, 2.75) is 19.9 Å². The van der Waals surface area contributed by atoms with E-state index in [0.29, 0.717) is 11.3 Å². The van der Waals surface area contributed by atoms with E-state index in [9.17, 15) is 14.0 Å². The van der Waals surface area contributed by atoms with E-state index >= 15 is 0 Å². The molecule has 0 aliphatic rings. The fourth-order valence-electron chi connectivity index (χ4n) is 3.60. The minimum atomic E-state index is -0.325. The summed E-state index contributed by atoms with van der Waals surface area (Å²) in [7, 11) is 0. The van der Waals surface area contributed by atoms with Gasteiger partial charge in [0.2, 0.25) is 5.91 Å². The minimum Gasteiger partial charge on any atom is -0.352 e. The number of hydrogen-bond donors (Lipinski definition) is 2. The quantitative estimate of drug-likeness (QED) is 0.412. The Bertz CT molecular complexity index is 1280. The van der Waals surface area contributed by atoms with Crippen molar-refractivity contribution in [3.05, 3.63) is 108 Å². The summed E-state index contributed by atoms with van der Waals surface area (Å²) in [4.78, 5) is 24.7. The fraction of sp³-hybridized carbons (Fsp3) is 0.148. The lowest BCUT2D eigenvalue weighted by molar-refractivity contribution is -0.121. The summed E-state index contributed by atoms with van der Waals surface area (Å²) in [6.45, 7) is 2.35. The predicted octanol–water partition coefficient (Wildman–Crippen LogP) is 4.42. The molecule has 1 heterocycles. The second kappa shape index (κ2) is 10.6. The predicted molar refractivity (Wildman–Crippen MR) is 129 cm³/mol. The molecule has 0 aliphatic heterocycles. The maximum absolute atomic E-state index is 13.4. The summed E-state index contributed by atoms with van der Waals surface area (Å²) in [6, 6.07) is 23.0. The molecule has 172 valence electrons. The van der Waals surface area contributed by atoms with E-state index in [4.69, 9.17) is 0 Å². The monoisotopic (exact) mass is 456 g/mol. The Morgan fingerprint density at radius 2 is 1.62 bits per heavy atom. The summed E-state index contributed by atoms with van der Waals surface area (Å²) in [5.74, 6) is -0.718. The first-order chi connectivity index (χ1) is 16.5. The van der Waals surface area contributed by atoms with E-state index in [2.05, 4.69) is 15.7 Å². The molecule has 4 rings (SSSR count). The maximum atomic E-state index is 13.4. The topological polar surface area (TPSA) is 76.0 Å². The zero-order chi connectivity index (χ0) is 23.9. The van der Waals surface area contributed by atoms with Crippen LogP contribution in [0.25, 0.3) is 16.9 Å². The third-order valence-corrected chi connectivity index (χ3v) is 5.43. The SMILES string of the molecule is Cc1ccccc1C(=O)NCCC(=O)NCc1cn(-c2ccccc2)nc1-c1ccc(F)cc1. The number of nitrogens with zero attached hydrogens (tertiary/aromatic N) is 2. The third kappa shape index (κ3) is 5.56. The molecule has 1 aromatic heterocycles. The second-order valence-electron chi connectivity index (χ2n) is 7.89. The van der Waals surface area contributed by atoms with Gasteiger partial charge in [0.1, 0.15) is 5.82 Å². The van der Waals surface area contributed by atoms with Gasteiger partial charge in [0.25, 0.3) is 5.91 Å². The Labute approximate surface area is 197 Å². The number of rotatable bonds is 8. The molecule has 2 N–H and O–H groups in total. The molecule has 6 nitrogen and oxygen atoms in total. The van der Waals surface area contributed by atoms with Gasteiger partial charge in [-0.1, -0.05) is 36.4 Å². The van der Waals surface area contributed by atoms with E-state index in [1.54, 1.807) is 22.9 Å². The molecular weight excluding hydrogens is 431 g/mol. The lowest BCUT2D eigenvalue weighted by Crippen LogP contribution is -2.30. The van der Waals surface area contributed by atoms with Crippen LogP contribution in [0.15, 0.2) is 85.1 Å². The van der Waals surface area contributed by atoms with Crippen LogP contribution in [0.5, 0.6) is 0 Å². The zero-order valence-electron chi connectivity index (χ0n) is 18.8. The molecule has 0 spiro atoms. The molecule has 0 atom stereocenters. The molecule has 7 heteroatoms. The first kappa shape index (κ1) is 22.9. The van der Waals surface area contributed by atoms with Crippen LogP contribution in [0, 0.1) is 12.7 Å². The number of aryl methyl sites for hydroxylation is 1. The molecule has 2 amide bonds. The number of amides is 2. The molecule has 0 saturated carbocycles. The van der Waals surface area contributed by atoms with Crippen molar-refractivity contribution in [2.24, 2.45) is 0 Å². The van der Waals surface area contributed by atoms with Crippen LogP contribution >= 0.6 is 0 Å². The number of aromatic nitrogens is 2. The Balaban J connectivity index is 1.41. The van der Waals surface area contributed by atoms with Gasteiger partial charge in [-0.2, -0.15) is 5.10 Å². The van der Waals surface area contributed by atoms with Crippen molar-refractivity contribution < 1.29 is 14.0 Å². The van der Waals surface area contributed by atoms with Gasteiger partial charge in [-0.25, -0.2) is 9.07 Å². The Morgan fingerprint density at radius 3 is 2.35 bits per heavy atom. The van der Waals surface area contributed by atoms with Crippen LogP contribution < -0.4 is 10.6 Å². The highest BCUT2D eigenvalue weighted by Gasteiger charge is 2.14. The Hall–Kier alpha value is -4.26. The Kier molecular flexibility index (Phi) is 7.13. The highest BCUT2D eigenvalue weighted by Crippen LogP contribution is 2.24. The van der Waals surface area contributed by atoms with Crippen LogP contribution in [0.4, 0.5) is 4.39 Å². The van der Waals surface area contributed by atoms with Gasteiger partial charge in [0.05, 0.1) is 11.4 Å². The molecule has 0 saturated heterocycles. The molecule has 3 aromatic carbocycles. The molecular formula is C27H25FN4O2. The lowest BCUT2D eigenvalue weighted by atomic mass is 10.1. The summed E-state index contributed by atoms with van der Waals surface area (Å²) < 4.78 is 15.2. The number of benzene rings is 3. The van der Waals surface area contributed by atoms with Crippen LogP contribution in [0.2, 0.25) is 0 Å². The number of carbonyl (C=O) groups excluding carboxylic acids is 2. The molecule has 0 bridgehead atoms. The van der Waals surface area contributed by atoms with Crippen molar-refractivity contribution in [3.8, 4) is 16.9 Å². The third-order valence-electron chi connectivity index (χ3n) is 5.43. The van der Waals surface area contributed by atoms with Crippen molar-refractivity contribution >= 4 is 11.8 Å². The van der Waals surface area contributed by atoms with E-state index in [1.807, 2.05) is 61.7 Å². The van der Waals surface area contributed by atoms with E-state index < -0.39 is 0 Å². The highest BCUT2D eigenvalue weighted by molar-refractivity contribution is 5.95. The second-order valence-corrected chi connectivity index (χ2v) is 7.89. The Morgan fingerprint density at radius 1 is 0.912 bits per heavy atom. The molecule has 4 aromatic rings. The molecule has 0 fully saturated rings. The summed E-state index contributed by atoms with van der Waals surface area (Å²) >= 11 is 0. The number of halogens is 1. The molecule has 34 heavy (non-hydrogen) atoms. The first-order valence-corrected chi connectivity index (χ1v) is 11.0. The number of carbonyl (C=O) groups is 2. The smallest absolute Gasteiger partial charge is 0.251 e. The summed E-state index contributed by atoms with van der Waals surface area (Å²) in [5, 5.41) is 10.3. The van der Waals surface area contributed by atoms with Gasteiger partial charge in [-0.3, -0.25) is 9.59 Å². The van der Waals surface area contributed by atoms with Gasteiger partial charge in [-0.15, -0.1) is 0 Å². The molecule has 0 radical (unpaired) electrons.